The van der Waals surface area contributed by atoms with Crippen molar-refractivity contribution in [1.29, 1.82) is 0 Å². The molecule has 0 aliphatic heterocycles. The Labute approximate surface area is 99.6 Å². The van der Waals surface area contributed by atoms with Crippen molar-refractivity contribution in [3.05, 3.63) is 35.1 Å². The van der Waals surface area contributed by atoms with Gasteiger partial charge in [-0.2, -0.15) is 0 Å². The van der Waals surface area contributed by atoms with Crippen molar-refractivity contribution in [2.75, 3.05) is 6.61 Å². The van der Waals surface area contributed by atoms with Crippen LogP contribution in [-0.2, 0) is 0 Å². The van der Waals surface area contributed by atoms with E-state index in [1.807, 2.05) is 0 Å². The first-order chi connectivity index (χ1) is 7.31. The van der Waals surface area contributed by atoms with E-state index < -0.39 is 41.6 Å². The van der Waals surface area contributed by atoms with Gasteiger partial charge < -0.3 is 10.8 Å². The van der Waals surface area contributed by atoms with Crippen molar-refractivity contribution in [1.82, 2.24) is 0 Å². The van der Waals surface area contributed by atoms with Crippen molar-refractivity contribution >= 4 is 12.4 Å². The Morgan fingerprint density at radius 1 is 1.18 bits per heavy atom. The maximum absolute atomic E-state index is 13.1. The maximum Gasteiger partial charge on any atom is 0.289 e. The summed E-state index contributed by atoms with van der Waals surface area (Å²) in [6.07, 6.45) is 0. The summed E-state index contributed by atoms with van der Waals surface area (Å²) in [6.45, 7) is -1.62. The lowest BCUT2D eigenvalue weighted by Gasteiger charge is -2.22. The summed E-state index contributed by atoms with van der Waals surface area (Å²) in [5, 5.41) is 8.32. The van der Waals surface area contributed by atoms with E-state index in [1.165, 1.54) is 0 Å². The standard InChI is InChI=1S/C9H8F5NO.ClH/c10-5-2-1-4(6(11)7(5)12)8(15)9(13,14)3-16;/h1-2,8,16H,3,15H2;1H/t8-;/m0./s1. The molecule has 0 amide bonds. The second-order valence-corrected chi connectivity index (χ2v) is 3.16. The second kappa shape index (κ2) is 5.61. The third-order valence-electron chi connectivity index (χ3n) is 2.07. The fourth-order valence-corrected chi connectivity index (χ4v) is 1.11. The van der Waals surface area contributed by atoms with Crippen LogP contribution in [0.1, 0.15) is 11.6 Å². The molecule has 0 aromatic heterocycles. The average Bonchev–Trinajstić information content (AvgIpc) is 2.25. The van der Waals surface area contributed by atoms with E-state index in [0.717, 1.165) is 0 Å². The van der Waals surface area contributed by atoms with Gasteiger partial charge in [0, 0.05) is 5.56 Å². The van der Waals surface area contributed by atoms with Crippen molar-refractivity contribution in [3.63, 3.8) is 0 Å². The summed E-state index contributed by atoms with van der Waals surface area (Å²) < 4.78 is 64.1. The van der Waals surface area contributed by atoms with E-state index in [1.54, 1.807) is 0 Å². The quantitative estimate of drug-likeness (QED) is 0.657. The molecule has 0 spiro atoms. The number of benzene rings is 1. The van der Waals surface area contributed by atoms with Gasteiger partial charge >= 0.3 is 0 Å². The van der Waals surface area contributed by atoms with Crippen LogP contribution in [-0.4, -0.2) is 17.6 Å². The Kier molecular flexibility index (Phi) is 5.31. The number of halogens is 6. The summed E-state index contributed by atoms with van der Waals surface area (Å²) >= 11 is 0. The highest BCUT2D eigenvalue weighted by atomic mass is 35.5. The third-order valence-corrected chi connectivity index (χ3v) is 2.07. The summed E-state index contributed by atoms with van der Waals surface area (Å²) in [5.41, 5.74) is 4.07. The largest absolute Gasteiger partial charge is 0.390 e. The smallest absolute Gasteiger partial charge is 0.289 e. The predicted molar refractivity (Wildman–Crippen MR) is 52.5 cm³/mol. The lowest BCUT2D eigenvalue weighted by atomic mass is 10.0. The summed E-state index contributed by atoms with van der Waals surface area (Å²) in [6, 6.07) is -1.14. The lowest BCUT2D eigenvalue weighted by Crippen LogP contribution is -2.37. The van der Waals surface area contributed by atoms with Crippen molar-refractivity contribution < 1.29 is 27.1 Å². The van der Waals surface area contributed by atoms with Crippen LogP contribution in [0.4, 0.5) is 22.0 Å². The van der Waals surface area contributed by atoms with Crippen LogP contribution in [0.15, 0.2) is 12.1 Å². The SMILES string of the molecule is Cl.N[C@@H](c1ccc(F)c(F)c1F)C(F)(F)CO. The molecule has 2 nitrogen and oxygen atoms in total. The van der Waals surface area contributed by atoms with E-state index in [0.29, 0.717) is 12.1 Å². The molecular formula is C9H9ClF5NO. The van der Waals surface area contributed by atoms with Crippen molar-refractivity contribution in [2.45, 2.75) is 12.0 Å². The van der Waals surface area contributed by atoms with E-state index in [9.17, 15) is 22.0 Å². The maximum atomic E-state index is 13.1. The van der Waals surface area contributed by atoms with Gasteiger partial charge in [0.1, 0.15) is 6.61 Å². The minimum atomic E-state index is -3.81. The molecule has 0 bridgehead atoms. The number of aliphatic hydroxyl groups excluding tert-OH is 1. The Morgan fingerprint density at radius 3 is 2.18 bits per heavy atom. The Bertz CT molecular complexity index is 401. The van der Waals surface area contributed by atoms with Gasteiger partial charge in [0.05, 0.1) is 6.04 Å². The number of hydrogen-bond acceptors (Lipinski definition) is 2. The zero-order chi connectivity index (χ0) is 12.5. The van der Waals surface area contributed by atoms with Gasteiger partial charge in [0.25, 0.3) is 5.92 Å². The normalized spacial score (nSPS) is 13.1. The highest BCUT2D eigenvalue weighted by Gasteiger charge is 2.39. The molecule has 0 aliphatic rings. The van der Waals surface area contributed by atoms with Crippen LogP contribution < -0.4 is 5.73 Å². The molecule has 1 aromatic carbocycles. The lowest BCUT2D eigenvalue weighted by molar-refractivity contribution is -0.0720. The molecule has 98 valence electrons. The highest BCUT2D eigenvalue weighted by Crippen LogP contribution is 2.31. The molecule has 3 N–H and O–H groups in total. The van der Waals surface area contributed by atoms with Gasteiger partial charge in [-0.05, 0) is 6.07 Å². The van der Waals surface area contributed by atoms with E-state index in [4.69, 9.17) is 10.8 Å². The average molecular weight is 278 g/mol. The number of nitrogens with two attached hydrogens (primary N) is 1. The molecule has 0 heterocycles. The van der Waals surface area contributed by atoms with Gasteiger partial charge in [-0.1, -0.05) is 6.07 Å². The third kappa shape index (κ3) is 3.05. The van der Waals surface area contributed by atoms with Gasteiger partial charge in [0.2, 0.25) is 0 Å². The second-order valence-electron chi connectivity index (χ2n) is 3.16. The molecule has 1 atom stereocenters. The van der Waals surface area contributed by atoms with Gasteiger partial charge in [-0.15, -0.1) is 12.4 Å². The van der Waals surface area contributed by atoms with Crippen LogP contribution in [0, 0.1) is 17.5 Å². The number of hydrogen-bond donors (Lipinski definition) is 2. The topological polar surface area (TPSA) is 46.2 Å². The van der Waals surface area contributed by atoms with Crippen molar-refractivity contribution in [2.24, 2.45) is 5.73 Å². The van der Waals surface area contributed by atoms with E-state index in [-0.39, 0.29) is 12.4 Å². The molecule has 1 rings (SSSR count). The Balaban J connectivity index is 0.00000256. The first-order valence-electron chi connectivity index (χ1n) is 4.19. The summed E-state index contributed by atoms with van der Waals surface area (Å²) in [7, 11) is 0. The Morgan fingerprint density at radius 2 is 1.71 bits per heavy atom. The first kappa shape index (κ1) is 16.1. The molecule has 0 fully saturated rings. The minimum absolute atomic E-state index is 0. The summed E-state index contributed by atoms with van der Waals surface area (Å²) in [5.74, 6) is -8.96. The van der Waals surface area contributed by atoms with Gasteiger partial charge in [-0.3, -0.25) is 0 Å². The molecule has 0 saturated heterocycles. The molecule has 1 aromatic rings. The van der Waals surface area contributed by atoms with Gasteiger partial charge in [-0.25, -0.2) is 22.0 Å². The van der Waals surface area contributed by atoms with Crippen LogP contribution in [0.25, 0.3) is 0 Å². The monoisotopic (exact) mass is 277 g/mol. The summed E-state index contributed by atoms with van der Waals surface area (Å²) in [4.78, 5) is 0. The Hall–Kier alpha value is -0.920. The first-order valence-corrected chi connectivity index (χ1v) is 4.19. The molecular weight excluding hydrogens is 269 g/mol. The minimum Gasteiger partial charge on any atom is -0.390 e. The fraction of sp³-hybridized carbons (Fsp3) is 0.333. The zero-order valence-corrected chi connectivity index (χ0v) is 9.08. The fourth-order valence-electron chi connectivity index (χ4n) is 1.11. The molecule has 0 aliphatic carbocycles. The molecule has 17 heavy (non-hydrogen) atoms. The van der Waals surface area contributed by atoms with E-state index in [2.05, 4.69) is 0 Å². The van der Waals surface area contributed by atoms with Crippen LogP contribution in [0.2, 0.25) is 0 Å². The number of rotatable bonds is 3. The highest BCUT2D eigenvalue weighted by molar-refractivity contribution is 5.85. The van der Waals surface area contributed by atoms with Crippen LogP contribution >= 0.6 is 12.4 Å². The zero-order valence-electron chi connectivity index (χ0n) is 8.26. The number of alkyl halides is 2. The predicted octanol–water partition coefficient (Wildman–Crippen LogP) is 2.15. The molecule has 8 heteroatoms. The van der Waals surface area contributed by atoms with Crippen molar-refractivity contribution in [3.8, 4) is 0 Å². The van der Waals surface area contributed by atoms with Crippen LogP contribution in [0.3, 0.4) is 0 Å². The molecule has 0 radical (unpaired) electrons. The number of aliphatic hydroxyl groups is 1. The van der Waals surface area contributed by atoms with E-state index >= 15 is 0 Å². The molecule has 0 saturated carbocycles. The van der Waals surface area contributed by atoms with Gasteiger partial charge in [0.15, 0.2) is 17.5 Å². The molecule has 0 unspecified atom stereocenters. The van der Waals surface area contributed by atoms with Crippen LogP contribution in [0.5, 0.6) is 0 Å².